The molecule has 0 heterocycles. The number of carbonyl (C=O) groups is 1. The molecule has 0 aromatic heterocycles. The lowest BCUT2D eigenvalue weighted by molar-refractivity contribution is -0.122. The maximum absolute atomic E-state index is 10.4. The molecule has 0 spiro atoms. The topological polar surface area (TPSA) is 64.8 Å². The highest BCUT2D eigenvalue weighted by molar-refractivity contribution is 5.75. The Labute approximate surface area is 66.1 Å². The van der Waals surface area contributed by atoms with Gasteiger partial charge in [0.1, 0.15) is 13.5 Å². The Morgan fingerprint density at radius 3 is 2.09 bits per heavy atom. The molecule has 0 atom stereocenters. The molecular formula is C6H14N2O3. The van der Waals surface area contributed by atoms with Crippen LogP contribution in [0.1, 0.15) is 0 Å². The van der Waals surface area contributed by atoms with Crippen LogP contribution in [0, 0.1) is 0 Å². The predicted octanol–water partition coefficient (Wildman–Crippen LogP) is -1.02. The molecule has 0 aliphatic rings. The zero-order valence-corrected chi connectivity index (χ0v) is 6.87. The second-order valence-electron chi connectivity index (χ2n) is 2.13. The van der Waals surface area contributed by atoms with E-state index in [4.69, 9.17) is 15.2 Å². The van der Waals surface area contributed by atoms with Gasteiger partial charge in [-0.25, -0.2) is 4.90 Å². The monoisotopic (exact) mass is 162 g/mol. The molecule has 66 valence electrons. The molecule has 0 saturated carbocycles. The van der Waals surface area contributed by atoms with Gasteiger partial charge < -0.3 is 15.2 Å². The van der Waals surface area contributed by atoms with E-state index >= 15 is 0 Å². The number of amides is 1. The lowest BCUT2D eigenvalue weighted by Crippen LogP contribution is -2.36. The summed E-state index contributed by atoms with van der Waals surface area (Å²) < 4.78 is 9.59. The first kappa shape index (κ1) is 10.3. The molecule has 5 heteroatoms. The van der Waals surface area contributed by atoms with Gasteiger partial charge in [-0.15, -0.1) is 0 Å². The Morgan fingerprint density at radius 2 is 1.82 bits per heavy atom. The molecule has 11 heavy (non-hydrogen) atoms. The smallest absolute Gasteiger partial charge is 0.231 e. The molecule has 0 aromatic carbocycles. The lowest BCUT2D eigenvalue weighted by Gasteiger charge is -2.17. The maximum atomic E-state index is 10.4. The van der Waals surface area contributed by atoms with Crippen molar-refractivity contribution >= 4 is 5.91 Å². The second kappa shape index (κ2) is 6.09. The largest absolute Gasteiger partial charge is 0.369 e. The normalized spacial score (nSPS) is 10.5. The van der Waals surface area contributed by atoms with Crippen molar-refractivity contribution in [1.29, 1.82) is 0 Å². The van der Waals surface area contributed by atoms with Crippen LogP contribution in [0.25, 0.3) is 0 Å². The molecule has 2 N–H and O–H groups in total. The molecule has 0 rings (SSSR count). The lowest BCUT2D eigenvalue weighted by atomic mass is 10.5. The maximum Gasteiger partial charge on any atom is 0.231 e. The van der Waals surface area contributed by atoms with Crippen LogP contribution in [0.15, 0.2) is 0 Å². The molecule has 0 saturated heterocycles. The SMILES string of the molecule is COCN(COC)CC(N)=O. The summed E-state index contributed by atoms with van der Waals surface area (Å²) in [6.07, 6.45) is 0. The molecule has 0 aromatic rings. The number of nitrogens with zero attached hydrogens (tertiary/aromatic N) is 1. The van der Waals surface area contributed by atoms with E-state index in [1.807, 2.05) is 0 Å². The fourth-order valence-electron chi connectivity index (χ4n) is 0.714. The Bertz CT molecular complexity index is 112. The molecule has 0 aliphatic heterocycles. The van der Waals surface area contributed by atoms with E-state index in [0.717, 1.165) is 0 Å². The third-order valence-corrected chi connectivity index (χ3v) is 1.00. The third kappa shape index (κ3) is 5.78. The Morgan fingerprint density at radius 1 is 1.36 bits per heavy atom. The van der Waals surface area contributed by atoms with Gasteiger partial charge in [-0.1, -0.05) is 0 Å². The van der Waals surface area contributed by atoms with Crippen molar-refractivity contribution < 1.29 is 14.3 Å². The van der Waals surface area contributed by atoms with Crippen LogP contribution in [0.4, 0.5) is 0 Å². The van der Waals surface area contributed by atoms with Crippen LogP contribution in [0.5, 0.6) is 0 Å². The van der Waals surface area contributed by atoms with Crippen LogP contribution < -0.4 is 5.73 Å². The first-order valence-electron chi connectivity index (χ1n) is 3.19. The van der Waals surface area contributed by atoms with Gasteiger partial charge in [-0.2, -0.15) is 0 Å². The van der Waals surface area contributed by atoms with Gasteiger partial charge in [0.05, 0.1) is 6.54 Å². The van der Waals surface area contributed by atoms with Crippen LogP contribution in [0.3, 0.4) is 0 Å². The van der Waals surface area contributed by atoms with Crippen LogP contribution >= 0.6 is 0 Å². The molecule has 0 unspecified atom stereocenters. The number of nitrogens with two attached hydrogens (primary N) is 1. The minimum Gasteiger partial charge on any atom is -0.369 e. The minimum atomic E-state index is -0.390. The Hall–Kier alpha value is -0.650. The van der Waals surface area contributed by atoms with Gasteiger partial charge in [-0.3, -0.25) is 4.79 Å². The molecule has 0 aliphatic carbocycles. The molecule has 0 bridgehead atoms. The average molecular weight is 162 g/mol. The summed E-state index contributed by atoms with van der Waals surface area (Å²) in [6.45, 7) is 0.842. The number of carbonyl (C=O) groups excluding carboxylic acids is 1. The summed E-state index contributed by atoms with van der Waals surface area (Å²) in [7, 11) is 3.09. The van der Waals surface area contributed by atoms with E-state index in [2.05, 4.69) is 0 Å². The van der Waals surface area contributed by atoms with Crippen LogP contribution in [0.2, 0.25) is 0 Å². The zero-order valence-electron chi connectivity index (χ0n) is 6.87. The van der Waals surface area contributed by atoms with E-state index < -0.39 is 0 Å². The highest BCUT2D eigenvalue weighted by atomic mass is 16.5. The van der Waals surface area contributed by atoms with Gasteiger partial charge in [-0.05, 0) is 0 Å². The van der Waals surface area contributed by atoms with Crippen molar-refractivity contribution in [2.24, 2.45) is 5.73 Å². The molecule has 0 radical (unpaired) electrons. The molecule has 0 fully saturated rings. The van der Waals surface area contributed by atoms with Gasteiger partial charge in [0.25, 0.3) is 0 Å². The number of hydrogen-bond donors (Lipinski definition) is 1. The number of rotatable bonds is 6. The van der Waals surface area contributed by atoms with E-state index in [-0.39, 0.29) is 12.5 Å². The summed E-state index contributed by atoms with van der Waals surface area (Å²) in [5.74, 6) is -0.390. The highest BCUT2D eigenvalue weighted by Gasteiger charge is 2.05. The van der Waals surface area contributed by atoms with Gasteiger partial charge >= 0.3 is 0 Å². The second-order valence-corrected chi connectivity index (χ2v) is 2.13. The molecule has 1 amide bonds. The van der Waals surface area contributed by atoms with Crippen LogP contribution in [-0.4, -0.2) is 45.0 Å². The summed E-state index contributed by atoms with van der Waals surface area (Å²) in [5.41, 5.74) is 4.96. The fourth-order valence-corrected chi connectivity index (χ4v) is 0.714. The first-order chi connectivity index (χ1) is 5.20. The van der Waals surface area contributed by atoms with E-state index in [1.54, 1.807) is 19.1 Å². The summed E-state index contributed by atoms with van der Waals surface area (Å²) in [6, 6.07) is 0. The molecule has 5 nitrogen and oxygen atoms in total. The van der Waals surface area contributed by atoms with E-state index in [0.29, 0.717) is 13.5 Å². The van der Waals surface area contributed by atoms with Crippen molar-refractivity contribution in [2.75, 3.05) is 34.2 Å². The summed E-state index contributed by atoms with van der Waals surface area (Å²) in [4.78, 5) is 12.1. The van der Waals surface area contributed by atoms with E-state index in [1.165, 1.54) is 0 Å². The van der Waals surface area contributed by atoms with E-state index in [9.17, 15) is 4.79 Å². The number of ether oxygens (including phenoxy) is 2. The standard InChI is InChI=1S/C6H14N2O3/c1-10-4-8(5-11-2)3-6(7)9/h3-5H2,1-2H3,(H2,7,9). The Balaban J connectivity index is 3.59. The van der Waals surface area contributed by atoms with Crippen molar-refractivity contribution in [3.05, 3.63) is 0 Å². The number of hydrogen-bond acceptors (Lipinski definition) is 4. The van der Waals surface area contributed by atoms with Gasteiger partial charge in [0.15, 0.2) is 0 Å². The van der Waals surface area contributed by atoms with Gasteiger partial charge in [0.2, 0.25) is 5.91 Å². The van der Waals surface area contributed by atoms with Crippen molar-refractivity contribution in [3.8, 4) is 0 Å². The van der Waals surface area contributed by atoms with Crippen molar-refractivity contribution in [3.63, 3.8) is 0 Å². The number of primary amides is 1. The summed E-state index contributed by atoms with van der Waals surface area (Å²) in [5, 5.41) is 0. The predicted molar refractivity (Wildman–Crippen MR) is 39.7 cm³/mol. The van der Waals surface area contributed by atoms with Crippen molar-refractivity contribution in [1.82, 2.24) is 4.90 Å². The molecular weight excluding hydrogens is 148 g/mol. The average Bonchev–Trinajstić information content (AvgIpc) is 1.87. The minimum absolute atomic E-state index is 0.154. The van der Waals surface area contributed by atoms with Crippen LogP contribution in [-0.2, 0) is 14.3 Å². The first-order valence-corrected chi connectivity index (χ1v) is 3.19. The Kier molecular flexibility index (Phi) is 5.73. The summed E-state index contributed by atoms with van der Waals surface area (Å²) >= 11 is 0. The zero-order chi connectivity index (χ0) is 8.69. The van der Waals surface area contributed by atoms with Crippen molar-refractivity contribution in [2.45, 2.75) is 0 Å². The number of methoxy groups -OCH3 is 2. The highest BCUT2D eigenvalue weighted by Crippen LogP contribution is 1.86. The quantitative estimate of drug-likeness (QED) is 0.508. The van der Waals surface area contributed by atoms with Gasteiger partial charge in [0, 0.05) is 14.2 Å². The fraction of sp³-hybridized carbons (Fsp3) is 0.833. The third-order valence-electron chi connectivity index (χ3n) is 1.00.